The number of halogens is 2. The Balaban J connectivity index is 1.78. The first-order chi connectivity index (χ1) is 13.5. The van der Waals surface area contributed by atoms with Crippen molar-refractivity contribution < 1.29 is 14.2 Å². The summed E-state index contributed by atoms with van der Waals surface area (Å²) in [5.74, 6) is 0.552. The zero-order chi connectivity index (χ0) is 19.7. The fraction of sp³-hybridized carbons (Fsp3) is 0.0476. The molecule has 0 aliphatic carbocycles. The number of phenolic OH excluding ortho intramolecular Hbond substituents is 1. The number of benzene rings is 3. The highest BCUT2D eigenvalue weighted by molar-refractivity contribution is 6.31. The quantitative estimate of drug-likeness (QED) is 0.474. The van der Waals surface area contributed by atoms with Crippen molar-refractivity contribution in [1.82, 2.24) is 9.97 Å². The predicted molar refractivity (Wildman–Crippen MR) is 108 cm³/mol. The Morgan fingerprint density at radius 1 is 1.00 bits per heavy atom. The zero-order valence-electron chi connectivity index (χ0n) is 14.8. The van der Waals surface area contributed by atoms with Gasteiger partial charge in [0.1, 0.15) is 18.0 Å². The number of fused-ring (bicyclic) bond motifs is 1. The number of hydrogen-bond acceptors (Lipinski definition) is 5. The van der Waals surface area contributed by atoms with Crippen LogP contribution < -0.4 is 10.1 Å². The van der Waals surface area contributed by atoms with E-state index in [0.29, 0.717) is 17.3 Å². The highest BCUT2D eigenvalue weighted by atomic mass is 35.5. The molecule has 0 aliphatic rings. The molecule has 5 nitrogen and oxygen atoms in total. The van der Waals surface area contributed by atoms with Gasteiger partial charge in [0.15, 0.2) is 11.5 Å². The molecule has 0 saturated carbocycles. The smallest absolute Gasteiger partial charge is 0.161 e. The molecule has 2 N–H and O–H groups in total. The lowest BCUT2D eigenvalue weighted by molar-refractivity contribution is 0.373. The van der Waals surface area contributed by atoms with E-state index in [-0.39, 0.29) is 10.8 Å². The number of nitrogens with one attached hydrogen (secondary N) is 1. The molecular formula is C21H15ClFN3O2. The molecule has 0 unspecified atom stereocenters. The monoisotopic (exact) mass is 395 g/mol. The molecule has 0 radical (unpaired) electrons. The minimum atomic E-state index is -0.483. The fourth-order valence-corrected chi connectivity index (χ4v) is 3.08. The number of methoxy groups -OCH3 is 1. The van der Waals surface area contributed by atoms with E-state index >= 15 is 0 Å². The Labute approximate surface area is 165 Å². The van der Waals surface area contributed by atoms with Crippen molar-refractivity contribution in [1.29, 1.82) is 0 Å². The molecule has 0 amide bonds. The molecule has 0 spiro atoms. The third kappa shape index (κ3) is 3.42. The molecule has 0 bridgehead atoms. The first kappa shape index (κ1) is 18.0. The first-order valence-electron chi connectivity index (χ1n) is 8.39. The van der Waals surface area contributed by atoms with Crippen LogP contribution in [0.3, 0.4) is 0 Å². The molecule has 4 rings (SSSR count). The third-order valence-corrected chi connectivity index (χ3v) is 4.62. The topological polar surface area (TPSA) is 67.3 Å². The molecule has 140 valence electrons. The molecule has 3 aromatic carbocycles. The molecule has 4 aromatic rings. The van der Waals surface area contributed by atoms with Crippen molar-refractivity contribution in [2.45, 2.75) is 0 Å². The number of phenols is 1. The van der Waals surface area contributed by atoms with E-state index < -0.39 is 5.82 Å². The molecule has 0 atom stereocenters. The third-order valence-electron chi connectivity index (χ3n) is 4.33. The minimum absolute atomic E-state index is 0.0280. The van der Waals surface area contributed by atoms with Gasteiger partial charge in [-0.1, -0.05) is 23.7 Å². The van der Waals surface area contributed by atoms with E-state index in [1.807, 2.05) is 18.2 Å². The normalized spacial score (nSPS) is 10.8. The number of nitrogens with zero attached hydrogens (tertiary/aromatic N) is 2. The van der Waals surface area contributed by atoms with E-state index in [2.05, 4.69) is 15.3 Å². The molecule has 0 aliphatic heterocycles. The van der Waals surface area contributed by atoms with Crippen molar-refractivity contribution >= 4 is 34.0 Å². The van der Waals surface area contributed by atoms with E-state index in [1.54, 1.807) is 24.3 Å². The van der Waals surface area contributed by atoms with Gasteiger partial charge in [-0.05, 0) is 53.6 Å². The SMILES string of the molecule is COc1cc(-c2ccc3ncnc(Nc4ccc(F)c(Cl)c4)c3c2)ccc1O. The van der Waals surface area contributed by atoms with Crippen molar-refractivity contribution in [3.8, 4) is 22.6 Å². The molecule has 0 saturated heterocycles. The summed E-state index contributed by atoms with van der Waals surface area (Å²) >= 11 is 5.86. The second kappa shape index (κ2) is 7.32. The van der Waals surface area contributed by atoms with Crippen molar-refractivity contribution in [3.05, 3.63) is 71.8 Å². The van der Waals surface area contributed by atoms with E-state index in [4.69, 9.17) is 16.3 Å². The number of aromatic hydroxyl groups is 1. The second-order valence-corrected chi connectivity index (χ2v) is 6.50. The number of ether oxygens (including phenoxy) is 1. The van der Waals surface area contributed by atoms with Crippen LogP contribution in [0.15, 0.2) is 60.9 Å². The van der Waals surface area contributed by atoms with Crippen LogP contribution in [0.1, 0.15) is 0 Å². The Hall–Kier alpha value is -3.38. The average molecular weight is 396 g/mol. The molecule has 28 heavy (non-hydrogen) atoms. The van der Waals surface area contributed by atoms with Crippen LogP contribution in [0.25, 0.3) is 22.0 Å². The maximum Gasteiger partial charge on any atom is 0.161 e. The van der Waals surface area contributed by atoms with Crippen LogP contribution in [0.2, 0.25) is 5.02 Å². The Bertz CT molecular complexity index is 1180. The van der Waals surface area contributed by atoms with Gasteiger partial charge in [0.25, 0.3) is 0 Å². The zero-order valence-corrected chi connectivity index (χ0v) is 15.5. The Kier molecular flexibility index (Phi) is 4.71. The van der Waals surface area contributed by atoms with Gasteiger partial charge in [-0.15, -0.1) is 0 Å². The Morgan fingerprint density at radius 2 is 1.79 bits per heavy atom. The van der Waals surface area contributed by atoms with Crippen molar-refractivity contribution in [2.75, 3.05) is 12.4 Å². The van der Waals surface area contributed by atoms with Crippen LogP contribution in [0.5, 0.6) is 11.5 Å². The molecule has 1 aromatic heterocycles. The van der Waals surface area contributed by atoms with Crippen LogP contribution in [0, 0.1) is 5.82 Å². The summed E-state index contributed by atoms with van der Waals surface area (Å²) < 4.78 is 18.6. The van der Waals surface area contributed by atoms with Gasteiger partial charge in [-0.3, -0.25) is 0 Å². The van der Waals surface area contributed by atoms with Gasteiger partial charge >= 0.3 is 0 Å². The number of anilines is 2. The van der Waals surface area contributed by atoms with Gasteiger partial charge in [0, 0.05) is 11.1 Å². The summed E-state index contributed by atoms with van der Waals surface area (Å²) in [6, 6.07) is 15.3. The van der Waals surface area contributed by atoms with Gasteiger partial charge in [-0.25, -0.2) is 14.4 Å². The van der Waals surface area contributed by atoms with Crippen LogP contribution in [-0.2, 0) is 0 Å². The largest absolute Gasteiger partial charge is 0.504 e. The predicted octanol–water partition coefficient (Wildman–Crippen LogP) is 5.55. The fourth-order valence-electron chi connectivity index (χ4n) is 2.90. The summed E-state index contributed by atoms with van der Waals surface area (Å²) in [4.78, 5) is 8.61. The first-order valence-corrected chi connectivity index (χ1v) is 8.77. The van der Waals surface area contributed by atoms with Gasteiger partial charge < -0.3 is 15.2 Å². The number of hydrogen-bond donors (Lipinski definition) is 2. The highest BCUT2D eigenvalue weighted by Gasteiger charge is 2.10. The van der Waals surface area contributed by atoms with E-state index in [9.17, 15) is 9.50 Å². The summed E-state index contributed by atoms with van der Waals surface area (Å²) in [6.07, 6.45) is 1.46. The molecule has 0 fully saturated rings. The number of rotatable bonds is 4. The summed E-state index contributed by atoms with van der Waals surface area (Å²) in [6.45, 7) is 0. The lowest BCUT2D eigenvalue weighted by Crippen LogP contribution is -1.97. The summed E-state index contributed by atoms with van der Waals surface area (Å²) in [7, 11) is 1.50. The summed E-state index contributed by atoms with van der Waals surface area (Å²) in [5, 5.41) is 13.8. The van der Waals surface area contributed by atoms with Crippen molar-refractivity contribution in [2.24, 2.45) is 0 Å². The van der Waals surface area contributed by atoms with Crippen LogP contribution >= 0.6 is 11.6 Å². The average Bonchev–Trinajstić information content (AvgIpc) is 2.71. The van der Waals surface area contributed by atoms with Gasteiger partial charge in [-0.2, -0.15) is 0 Å². The minimum Gasteiger partial charge on any atom is -0.504 e. The Morgan fingerprint density at radius 3 is 2.57 bits per heavy atom. The maximum absolute atomic E-state index is 13.4. The lowest BCUT2D eigenvalue weighted by Gasteiger charge is -2.11. The lowest BCUT2D eigenvalue weighted by atomic mass is 10.0. The number of aromatic nitrogens is 2. The van der Waals surface area contributed by atoms with Crippen molar-refractivity contribution in [3.63, 3.8) is 0 Å². The second-order valence-electron chi connectivity index (χ2n) is 6.09. The molecular weight excluding hydrogens is 381 g/mol. The van der Waals surface area contributed by atoms with Crippen LogP contribution in [0.4, 0.5) is 15.9 Å². The van der Waals surface area contributed by atoms with Gasteiger partial charge in [0.05, 0.1) is 17.6 Å². The summed E-state index contributed by atoms with van der Waals surface area (Å²) in [5.41, 5.74) is 3.14. The van der Waals surface area contributed by atoms with E-state index in [1.165, 1.54) is 25.6 Å². The van der Waals surface area contributed by atoms with Gasteiger partial charge in [0.2, 0.25) is 0 Å². The van der Waals surface area contributed by atoms with E-state index in [0.717, 1.165) is 22.0 Å². The standard InChI is InChI=1S/C21H15ClFN3O2/c1-28-20-9-13(3-7-19(20)27)12-2-6-18-15(8-12)21(25-11-24-18)26-14-4-5-17(23)16(22)10-14/h2-11,27H,1H3,(H,24,25,26). The maximum atomic E-state index is 13.4. The van der Waals surface area contributed by atoms with Crippen LogP contribution in [-0.4, -0.2) is 22.2 Å². The highest BCUT2D eigenvalue weighted by Crippen LogP contribution is 2.34. The molecule has 1 heterocycles. The molecule has 7 heteroatoms.